The molecule has 3 aromatic rings. The Morgan fingerprint density at radius 1 is 0.958 bits per heavy atom. The fourth-order valence-electron chi connectivity index (χ4n) is 2.57. The van der Waals surface area contributed by atoms with Crippen molar-refractivity contribution in [1.29, 1.82) is 0 Å². The highest BCUT2D eigenvalue weighted by Crippen LogP contribution is 2.27. The molecule has 0 atom stereocenters. The van der Waals surface area contributed by atoms with Crippen LogP contribution in [0.5, 0.6) is 11.5 Å². The number of hydrogen-bond donors (Lipinski definition) is 2. The first-order valence-electron chi connectivity index (χ1n) is 7.87. The van der Waals surface area contributed by atoms with E-state index in [2.05, 4.69) is 25.9 Å². The van der Waals surface area contributed by atoms with Crippen molar-refractivity contribution in [3.63, 3.8) is 0 Å². The zero-order valence-corrected chi connectivity index (χ0v) is 14.1. The number of aromatic hydroxyl groups is 2. The van der Waals surface area contributed by atoms with Crippen molar-refractivity contribution in [1.82, 2.24) is 14.8 Å². The zero-order chi connectivity index (χ0) is 17.3. The van der Waals surface area contributed by atoms with Crippen LogP contribution in [0.2, 0.25) is 0 Å². The van der Waals surface area contributed by atoms with Crippen LogP contribution >= 0.6 is 0 Å². The Bertz CT molecular complexity index is 849. The summed E-state index contributed by atoms with van der Waals surface area (Å²) < 4.78 is 1.92. The molecule has 3 rings (SSSR count). The van der Waals surface area contributed by atoms with Gasteiger partial charge in [0.25, 0.3) is 0 Å². The molecule has 1 heterocycles. The molecule has 0 saturated carbocycles. The van der Waals surface area contributed by atoms with E-state index in [-0.39, 0.29) is 17.0 Å². The second-order valence-corrected chi connectivity index (χ2v) is 6.80. The minimum Gasteiger partial charge on any atom is -0.504 e. The molecule has 0 spiro atoms. The fraction of sp³-hybridized carbons (Fsp3) is 0.263. The third kappa shape index (κ3) is 3.25. The lowest BCUT2D eigenvalue weighted by Crippen LogP contribution is -2.25. The van der Waals surface area contributed by atoms with Gasteiger partial charge in [0.1, 0.15) is 5.82 Å². The molecule has 0 fully saturated rings. The standard InChI is InChI=1S/C19H21N3O2/c1-19(2,3)22-17(12-13-9-10-15(23)16(24)11-13)20-18(21-22)14-7-5-4-6-8-14/h4-11,23-24H,12H2,1-3H3. The van der Waals surface area contributed by atoms with Gasteiger partial charge in [-0.05, 0) is 38.5 Å². The minimum absolute atomic E-state index is 0.124. The Labute approximate surface area is 141 Å². The van der Waals surface area contributed by atoms with Crippen LogP contribution in [-0.2, 0) is 12.0 Å². The molecule has 0 bridgehead atoms. The number of phenolic OH excluding ortho intramolecular Hbond substituents is 2. The average Bonchev–Trinajstić information content (AvgIpc) is 2.96. The molecule has 0 saturated heterocycles. The van der Waals surface area contributed by atoms with Crippen LogP contribution in [0, 0.1) is 0 Å². The van der Waals surface area contributed by atoms with Crippen molar-refractivity contribution in [3.05, 3.63) is 59.9 Å². The van der Waals surface area contributed by atoms with Crippen molar-refractivity contribution < 1.29 is 10.2 Å². The highest BCUT2D eigenvalue weighted by molar-refractivity contribution is 5.54. The average molecular weight is 323 g/mol. The van der Waals surface area contributed by atoms with Crippen LogP contribution in [0.4, 0.5) is 0 Å². The molecule has 5 nitrogen and oxygen atoms in total. The summed E-state index contributed by atoms with van der Waals surface area (Å²) in [6.07, 6.45) is 0.519. The molecule has 0 aliphatic heterocycles. The second kappa shape index (κ2) is 6.00. The van der Waals surface area contributed by atoms with Crippen LogP contribution in [0.25, 0.3) is 11.4 Å². The van der Waals surface area contributed by atoms with Crippen LogP contribution in [0.3, 0.4) is 0 Å². The SMILES string of the molecule is CC(C)(C)n1nc(-c2ccccc2)nc1Cc1ccc(O)c(O)c1. The van der Waals surface area contributed by atoms with E-state index in [9.17, 15) is 10.2 Å². The molecule has 5 heteroatoms. The molecular weight excluding hydrogens is 302 g/mol. The van der Waals surface area contributed by atoms with E-state index in [1.165, 1.54) is 6.07 Å². The molecule has 0 aliphatic carbocycles. The van der Waals surface area contributed by atoms with Crippen molar-refractivity contribution in [2.75, 3.05) is 0 Å². The predicted octanol–water partition coefficient (Wildman–Crippen LogP) is 3.70. The van der Waals surface area contributed by atoms with Gasteiger partial charge in [0.05, 0.1) is 5.54 Å². The lowest BCUT2D eigenvalue weighted by Gasteiger charge is -2.21. The summed E-state index contributed by atoms with van der Waals surface area (Å²) in [5.74, 6) is 1.24. The lowest BCUT2D eigenvalue weighted by atomic mass is 10.1. The summed E-state index contributed by atoms with van der Waals surface area (Å²) in [6.45, 7) is 6.23. The highest BCUT2D eigenvalue weighted by atomic mass is 16.3. The first kappa shape index (κ1) is 16.1. The summed E-state index contributed by atoms with van der Waals surface area (Å²) in [4.78, 5) is 4.70. The molecule has 2 N–H and O–H groups in total. The maximum absolute atomic E-state index is 9.70. The van der Waals surface area contributed by atoms with Gasteiger partial charge in [0.2, 0.25) is 0 Å². The highest BCUT2D eigenvalue weighted by Gasteiger charge is 2.22. The van der Waals surface area contributed by atoms with Gasteiger partial charge in [-0.1, -0.05) is 36.4 Å². The van der Waals surface area contributed by atoms with Crippen LogP contribution < -0.4 is 0 Å². The molecule has 0 radical (unpaired) electrons. The Balaban J connectivity index is 2.02. The third-order valence-corrected chi connectivity index (χ3v) is 3.74. The van der Waals surface area contributed by atoms with Gasteiger partial charge in [-0.25, -0.2) is 9.67 Å². The van der Waals surface area contributed by atoms with Gasteiger partial charge in [-0.2, -0.15) is 5.10 Å². The number of hydrogen-bond acceptors (Lipinski definition) is 4. The van der Waals surface area contributed by atoms with Crippen molar-refractivity contribution >= 4 is 0 Å². The van der Waals surface area contributed by atoms with Gasteiger partial charge in [-0.15, -0.1) is 0 Å². The second-order valence-electron chi connectivity index (χ2n) is 6.80. The van der Waals surface area contributed by atoms with E-state index in [1.807, 2.05) is 35.0 Å². The number of benzene rings is 2. The van der Waals surface area contributed by atoms with Crippen LogP contribution in [0.1, 0.15) is 32.2 Å². The summed E-state index contributed by atoms with van der Waals surface area (Å²) in [5, 5.41) is 23.8. The number of nitrogens with zero attached hydrogens (tertiary/aromatic N) is 3. The topological polar surface area (TPSA) is 71.2 Å². The monoisotopic (exact) mass is 323 g/mol. The number of aromatic nitrogens is 3. The largest absolute Gasteiger partial charge is 0.504 e. The van der Waals surface area contributed by atoms with Gasteiger partial charge < -0.3 is 10.2 Å². The van der Waals surface area contributed by atoms with E-state index in [0.29, 0.717) is 12.2 Å². The summed E-state index contributed by atoms with van der Waals surface area (Å²) >= 11 is 0. The van der Waals surface area contributed by atoms with Gasteiger partial charge >= 0.3 is 0 Å². The number of phenols is 2. The molecule has 124 valence electrons. The Hall–Kier alpha value is -2.82. The fourth-order valence-corrected chi connectivity index (χ4v) is 2.57. The van der Waals surface area contributed by atoms with Gasteiger partial charge in [0, 0.05) is 12.0 Å². The summed E-state index contributed by atoms with van der Waals surface area (Å²) in [6, 6.07) is 14.7. The Morgan fingerprint density at radius 3 is 2.29 bits per heavy atom. The van der Waals surface area contributed by atoms with E-state index in [1.54, 1.807) is 12.1 Å². The van der Waals surface area contributed by atoms with Gasteiger partial charge in [-0.3, -0.25) is 0 Å². The van der Waals surface area contributed by atoms with Gasteiger partial charge in [0.15, 0.2) is 17.3 Å². The maximum Gasteiger partial charge on any atom is 0.181 e. The summed E-state index contributed by atoms with van der Waals surface area (Å²) in [7, 11) is 0. The Morgan fingerprint density at radius 2 is 1.67 bits per heavy atom. The molecule has 0 aliphatic rings. The molecule has 2 aromatic carbocycles. The lowest BCUT2D eigenvalue weighted by molar-refractivity contribution is 0.344. The third-order valence-electron chi connectivity index (χ3n) is 3.74. The molecule has 1 aromatic heterocycles. The quantitative estimate of drug-likeness (QED) is 0.721. The maximum atomic E-state index is 9.70. The minimum atomic E-state index is -0.214. The molecule has 24 heavy (non-hydrogen) atoms. The Kier molecular flexibility index (Phi) is 4.01. The predicted molar refractivity (Wildman–Crippen MR) is 93.0 cm³/mol. The van der Waals surface area contributed by atoms with Crippen molar-refractivity contribution in [2.45, 2.75) is 32.7 Å². The van der Waals surface area contributed by atoms with E-state index in [0.717, 1.165) is 17.0 Å². The normalized spacial score (nSPS) is 11.6. The summed E-state index contributed by atoms with van der Waals surface area (Å²) in [5.41, 5.74) is 1.62. The van der Waals surface area contributed by atoms with E-state index in [4.69, 9.17) is 4.98 Å². The zero-order valence-electron chi connectivity index (χ0n) is 14.1. The first-order valence-corrected chi connectivity index (χ1v) is 7.87. The smallest absolute Gasteiger partial charge is 0.181 e. The van der Waals surface area contributed by atoms with Crippen molar-refractivity contribution in [3.8, 4) is 22.9 Å². The molecule has 0 unspecified atom stereocenters. The molecular formula is C19H21N3O2. The first-order chi connectivity index (χ1) is 11.3. The number of rotatable bonds is 3. The van der Waals surface area contributed by atoms with Crippen LogP contribution in [0.15, 0.2) is 48.5 Å². The molecule has 0 amide bonds. The van der Waals surface area contributed by atoms with Crippen molar-refractivity contribution in [2.24, 2.45) is 0 Å². The van der Waals surface area contributed by atoms with E-state index < -0.39 is 0 Å². The van der Waals surface area contributed by atoms with Crippen LogP contribution in [-0.4, -0.2) is 25.0 Å². The van der Waals surface area contributed by atoms with E-state index >= 15 is 0 Å².